The molecular weight excluding hydrogens is 367 g/mol. The highest BCUT2D eigenvalue weighted by Gasteiger charge is 2.47. The van der Waals surface area contributed by atoms with Gasteiger partial charge in [-0.3, -0.25) is 4.79 Å². The quantitative estimate of drug-likeness (QED) is 0.628. The number of benzene rings is 2. The highest BCUT2D eigenvalue weighted by Crippen LogP contribution is 2.38. The minimum absolute atomic E-state index is 0.0862. The molecule has 1 amide bonds. The zero-order valence-corrected chi connectivity index (χ0v) is 15.8. The molecule has 5 nitrogen and oxygen atoms in total. The van der Waals surface area contributed by atoms with E-state index in [2.05, 4.69) is 17.6 Å². The zero-order valence-electron chi connectivity index (χ0n) is 15.8. The molecule has 0 saturated heterocycles. The number of carbonyl (C=O) groups excluding carboxylic acids is 1. The van der Waals surface area contributed by atoms with Gasteiger partial charge in [-0.15, -0.1) is 6.58 Å². The highest BCUT2D eigenvalue weighted by molar-refractivity contribution is 5.89. The molecule has 3 aromatic rings. The number of hydrogen-bond acceptors (Lipinski definition) is 3. The molecule has 1 aromatic heterocycles. The molecule has 1 aliphatic heterocycles. The number of nitriles is 1. The number of nitrogens with zero attached hydrogens (tertiary/aromatic N) is 4. The second kappa shape index (κ2) is 7.36. The minimum atomic E-state index is -1.03. The molecule has 0 saturated carbocycles. The first-order chi connectivity index (χ1) is 14.1. The standard InChI is InChI=1S/C23H19FN4O/c1-2-11-23(19-7-3-17(12-25)4-8-19)22(29)27(15-21-13-26-16-28(21)23)14-18-5-9-20(24)10-6-18/h2-10,13,16H,1,11,14-15H2. The molecule has 0 N–H and O–H groups in total. The maximum Gasteiger partial charge on any atom is 0.254 e. The van der Waals surface area contributed by atoms with Crippen LogP contribution < -0.4 is 0 Å². The summed E-state index contributed by atoms with van der Waals surface area (Å²) >= 11 is 0. The van der Waals surface area contributed by atoms with Gasteiger partial charge in [-0.1, -0.05) is 30.3 Å². The lowest BCUT2D eigenvalue weighted by Crippen LogP contribution is -2.55. The number of imidazole rings is 1. The van der Waals surface area contributed by atoms with Crippen LogP contribution in [0, 0.1) is 17.1 Å². The second-order valence-corrected chi connectivity index (χ2v) is 7.08. The Bertz CT molecular complexity index is 1100. The Labute approximate surface area is 168 Å². The summed E-state index contributed by atoms with van der Waals surface area (Å²) in [6.07, 6.45) is 5.53. The van der Waals surface area contributed by atoms with E-state index in [1.54, 1.807) is 47.8 Å². The van der Waals surface area contributed by atoms with Gasteiger partial charge in [0.15, 0.2) is 5.54 Å². The number of carbonyl (C=O) groups is 1. The third kappa shape index (κ3) is 3.11. The third-order valence-corrected chi connectivity index (χ3v) is 5.34. The fourth-order valence-electron chi connectivity index (χ4n) is 3.95. The van der Waals surface area contributed by atoms with Crippen molar-refractivity contribution >= 4 is 5.91 Å². The van der Waals surface area contributed by atoms with Crippen molar-refractivity contribution in [3.05, 3.63) is 102 Å². The van der Waals surface area contributed by atoms with Crippen LogP contribution in [0.4, 0.5) is 4.39 Å². The molecule has 2 heterocycles. The Hall–Kier alpha value is -3.72. The van der Waals surface area contributed by atoms with Crippen molar-refractivity contribution in [2.45, 2.75) is 25.0 Å². The monoisotopic (exact) mass is 386 g/mol. The van der Waals surface area contributed by atoms with Gasteiger partial charge in [0.25, 0.3) is 5.91 Å². The van der Waals surface area contributed by atoms with Crippen LogP contribution in [-0.4, -0.2) is 20.4 Å². The number of halogens is 1. The Balaban J connectivity index is 1.82. The Kier molecular flexibility index (Phi) is 4.73. The lowest BCUT2D eigenvalue weighted by atomic mass is 9.82. The fourth-order valence-corrected chi connectivity index (χ4v) is 3.95. The molecule has 1 aliphatic rings. The summed E-state index contributed by atoms with van der Waals surface area (Å²) in [4.78, 5) is 19.8. The molecule has 0 spiro atoms. The summed E-state index contributed by atoms with van der Waals surface area (Å²) in [7, 11) is 0. The molecule has 29 heavy (non-hydrogen) atoms. The third-order valence-electron chi connectivity index (χ3n) is 5.34. The van der Waals surface area contributed by atoms with Crippen molar-refractivity contribution in [1.82, 2.24) is 14.5 Å². The van der Waals surface area contributed by atoms with E-state index in [9.17, 15) is 9.18 Å². The summed E-state index contributed by atoms with van der Waals surface area (Å²) in [6.45, 7) is 4.64. The van der Waals surface area contributed by atoms with Crippen LogP contribution in [0.1, 0.15) is 28.8 Å². The van der Waals surface area contributed by atoms with Crippen molar-refractivity contribution in [2.24, 2.45) is 0 Å². The number of allylic oxidation sites excluding steroid dienone is 1. The van der Waals surface area contributed by atoms with Crippen LogP contribution in [0.2, 0.25) is 0 Å². The summed E-state index contributed by atoms with van der Waals surface area (Å²) in [5, 5.41) is 9.13. The van der Waals surface area contributed by atoms with E-state index in [1.807, 2.05) is 16.7 Å². The van der Waals surface area contributed by atoms with Crippen molar-refractivity contribution in [3.63, 3.8) is 0 Å². The van der Waals surface area contributed by atoms with E-state index < -0.39 is 5.54 Å². The minimum Gasteiger partial charge on any atom is -0.330 e. The predicted molar refractivity (Wildman–Crippen MR) is 106 cm³/mol. The number of hydrogen-bond donors (Lipinski definition) is 0. The SMILES string of the molecule is C=CCC1(c2ccc(C#N)cc2)C(=O)N(Cc2ccc(F)cc2)Cc2cncn21. The molecule has 6 heteroatoms. The molecule has 0 fully saturated rings. The molecule has 2 aromatic carbocycles. The highest BCUT2D eigenvalue weighted by atomic mass is 19.1. The lowest BCUT2D eigenvalue weighted by molar-refractivity contribution is -0.142. The van der Waals surface area contributed by atoms with Gasteiger partial charge in [-0.05, 0) is 35.4 Å². The van der Waals surface area contributed by atoms with Crippen LogP contribution in [0.25, 0.3) is 0 Å². The van der Waals surface area contributed by atoms with Crippen LogP contribution in [-0.2, 0) is 23.4 Å². The number of fused-ring (bicyclic) bond motifs is 1. The van der Waals surface area contributed by atoms with Gasteiger partial charge < -0.3 is 9.47 Å². The maximum atomic E-state index is 13.8. The van der Waals surface area contributed by atoms with E-state index in [1.165, 1.54) is 12.1 Å². The van der Waals surface area contributed by atoms with Crippen molar-refractivity contribution in [1.29, 1.82) is 5.26 Å². The van der Waals surface area contributed by atoms with E-state index in [4.69, 9.17) is 5.26 Å². The molecule has 0 bridgehead atoms. The number of rotatable bonds is 5. The summed E-state index contributed by atoms with van der Waals surface area (Å²) in [5.74, 6) is -0.396. The van der Waals surface area contributed by atoms with Gasteiger partial charge in [-0.25, -0.2) is 9.37 Å². The first kappa shape index (κ1) is 18.6. The van der Waals surface area contributed by atoms with Gasteiger partial charge in [0.05, 0.1) is 30.2 Å². The van der Waals surface area contributed by atoms with Gasteiger partial charge in [0.2, 0.25) is 0 Å². The second-order valence-electron chi connectivity index (χ2n) is 7.08. The van der Waals surface area contributed by atoms with Gasteiger partial charge in [-0.2, -0.15) is 5.26 Å². The van der Waals surface area contributed by atoms with Crippen molar-refractivity contribution < 1.29 is 9.18 Å². The van der Waals surface area contributed by atoms with Crippen LogP contribution in [0.3, 0.4) is 0 Å². The van der Waals surface area contributed by atoms with Crippen molar-refractivity contribution in [3.8, 4) is 6.07 Å². The van der Waals surface area contributed by atoms with Gasteiger partial charge in [0, 0.05) is 19.2 Å². The normalized spacial score (nSPS) is 18.2. The Morgan fingerprint density at radius 2 is 1.93 bits per heavy atom. The zero-order chi connectivity index (χ0) is 20.4. The van der Waals surface area contributed by atoms with Crippen LogP contribution in [0.5, 0.6) is 0 Å². The van der Waals surface area contributed by atoms with E-state index in [-0.39, 0.29) is 11.7 Å². The molecule has 1 atom stereocenters. The van der Waals surface area contributed by atoms with Gasteiger partial charge in [0.1, 0.15) is 5.82 Å². The van der Waals surface area contributed by atoms with Crippen LogP contribution in [0.15, 0.2) is 73.7 Å². The summed E-state index contributed by atoms with van der Waals surface area (Å²) < 4.78 is 15.2. The predicted octanol–water partition coefficient (Wildman–Crippen LogP) is 3.76. The summed E-state index contributed by atoms with van der Waals surface area (Å²) in [6, 6.07) is 15.3. The van der Waals surface area contributed by atoms with E-state index in [0.717, 1.165) is 16.8 Å². The molecular formula is C23H19FN4O. The Morgan fingerprint density at radius 3 is 2.59 bits per heavy atom. The smallest absolute Gasteiger partial charge is 0.254 e. The van der Waals surface area contributed by atoms with Crippen molar-refractivity contribution in [2.75, 3.05) is 0 Å². The molecule has 0 aliphatic carbocycles. The maximum absolute atomic E-state index is 13.8. The first-order valence-electron chi connectivity index (χ1n) is 9.25. The Morgan fingerprint density at radius 1 is 1.21 bits per heavy atom. The molecule has 0 radical (unpaired) electrons. The average Bonchev–Trinajstić information content (AvgIpc) is 3.21. The molecule has 4 rings (SSSR count). The van der Waals surface area contributed by atoms with E-state index in [0.29, 0.717) is 25.1 Å². The summed E-state index contributed by atoms with van der Waals surface area (Å²) in [5.41, 5.74) is 2.02. The average molecular weight is 386 g/mol. The first-order valence-corrected chi connectivity index (χ1v) is 9.25. The fraction of sp³-hybridized carbons (Fsp3) is 0.174. The lowest BCUT2D eigenvalue weighted by Gasteiger charge is -2.43. The van der Waals surface area contributed by atoms with E-state index >= 15 is 0 Å². The molecule has 144 valence electrons. The topological polar surface area (TPSA) is 61.9 Å². The van der Waals surface area contributed by atoms with Crippen LogP contribution >= 0.6 is 0 Å². The largest absolute Gasteiger partial charge is 0.330 e. The van der Waals surface area contributed by atoms with Gasteiger partial charge >= 0.3 is 0 Å². The number of amides is 1. The number of aromatic nitrogens is 2. The molecule has 1 unspecified atom stereocenters.